The Labute approximate surface area is 161 Å². The Balaban J connectivity index is 2.54. The quantitative estimate of drug-likeness (QED) is 0.614. The van der Waals surface area contributed by atoms with Crippen molar-refractivity contribution in [3.63, 3.8) is 0 Å². The third kappa shape index (κ3) is 4.37. The zero-order valence-electron chi connectivity index (χ0n) is 14.7. The largest absolute Gasteiger partial charge is 0.496 e. The van der Waals surface area contributed by atoms with Crippen LogP contribution in [0.15, 0.2) is 51.8 Å². The average molecular weight is 442 g/mol. The lowest BCUT2D eigenvalue weighted by molar-refractivity contribution is -0.141. The third-order valence-electron chi connectivity index (χ3n) is 3.65. The number of methoxy groups -OCH3 is 1. The minimum atomic E-state index is -3.99. The van der Waals surface area contributed by atoms with Crippen molar-refractivity contribution in [2.45, 2.75) is 18.7 Å². The normalized spacial score (nSPS) is 11.1. The van der Waals surface area contributed by atoms with Gasteiger partial charge < -0.3 is 9.47 Å². The van der Waals surface area contributed by atoms with Gasteiger partial charge in [0.25, 0.3) is 10.0 Å². The molecular weight excluding hydrogens is 422 g/mol. The summed E-state index contributed by atoms with van der Waals surface area (Å²) in [6, 6.07) is 11.4. The van der Waals surface area contributed by atoms with Gasteiger partial charge in [0.15, 0.2) is 0 Å². The predicted octanol–water partition coefficient (Wildman–Crippen LogP) is 3.52. The maximum Gasteiger partial charge on any atom is 0.326 e. The highest BCUT2D eigenvalue weighted by Gasteiger charge is 2.29. The molecule has 0 N–H and O–H groups in total. The van der Waals surface area contributed by atoms with Gasteiger partial charge >= 0.3 is 5.97 Å². The molecule has 0 heterocycles. The lowest BCUT2D eigenvalue weighted by Crippen LogP contribution is -2.37. The van der Waals surface area contributed by atoms with Crippen LogP contribution in [-0.2, 0) is 19.6 Å². The molecular formula is C18H20BrNO5S. The summed E-state index contributed by atoms with van der Waals surface area (Å²) in [6.45, 7) is 3.17. The van der Waals surface area contributed by atoms with E-state index in [2.05, 4.69) is 15.9 Å². The van der Waals surface area contributed by atoms with E-state index in [0.717, 1.165) is 4.31 Å². The van der Waals surface area contributed by atoms with Crippen molar-refractivity contribution in [3.05, 3.63) is 52.5 Å². The van der Waals surface area contributed by atoms with E-state index < -0.39 is 22.5 Å². The number of benzene rings is 2. The molecule has 0 aliphatic rings. The van der Waals surface area contributed by atoms with E-state index >= 15 is 0 Å². The Hall–Kier alpha value is -2.06. The summed E-state index contributed by atoms with van der Waals surface area (Å²) in [7, 11) is -2.47. The molecule has 2 rings (SSSR count). The molecule has 0 atom stereocenters. The van der Waals surface area contributed by atoms with Crippen LogP contribution in [0.25, 0.3) is 0 Å². The number of anilines is 1. The van der Waals surface area contributed by atoms with Crippen LogP contribution in [0.2, 0.25) is 0 Å². The van der Waals surface area contributed by atoms with Gasteiger partial charge in [-0.3, -0.25) is 9.10 Å². The van der Waals surface area contributed by atoms with Gasteiger partial charge in [0.1, 0.15) is 12.3 Å². The van der Waals surface area contributed by atoms with E-state index in [0.29, 0.717) is 21.5 Å². The second-order valence-corrected chi connectivity index (χ2v) is 8.12. The highest BCUT2D eigenvalue weighted by atomic mass is 79.9. The van der Waals surface area contributed by atoms with Crippen LogP contribution in [-0.4, -0.2) is 34.6 Å². The lowest BCUT2D eigenvalue weighted by Gasteiger charge is -2.25. The number of halogens is 1. The smallest absolute Gasteiger partial charge is 0.326 e. The predicted molar refractivity (Wildman–Crippen MR) is 103 cm³/mol. The van der Waals surface area contributed by atoms with E-state index in [9.17, 15) is 13.2 Å². The summed E-state index contributed by atoms with van der Waals surface area (Å²) in [5.74, 6) is -0.0427. The van der Waals surface area contributed by atoms with Crippen molar-refractivity contribution in [1.82, 2.24) is 0 Å². The molecule has 0 aliphatic heterocycles. The van der Waals surface area contributed by atoms with Crippen LogP contribution in [0.4, 0.5) is 5.69 Å². The molecule has 0 radical (unpaired) electrons. The van der Waals surface area contributed by atoms with E-state index in [1.54, 1.807) is 44.2 Å². The molecule has 2 aromatic carbocycles. The number of carbonyl (C=O) groups excluding carboxylic acids is 1. The third-order valence-corrected chi connectivity index (χ3v) is 6.08. The monoisotopic (exact) mass is 441 g/mol. The number of para-hydroxylation sites is 1. The number of rotatable bonds is 7. The van der Waals surface area contributed by atoms with Crippen LogP contribution < -0.4 is 9.04 Å². The fraction of sp³-hybridized carbons (Fsp3) is 0.278. The Bertz CT molecular complexity index is 898. The molecule has 0 amide bonds. The first-order valence-electron chi connectivity index (χ1n) is 7.88. The summed E-state index contributed by atoms with van der Waals surface area (Å²) < 4.78 is 38.2. The van der Waals surface area contributed by atoms with Crippen molar-refractivity contribution in [2.24, 2.45) is 0 Å². The number of hydrogen-bond acceptors (Lipinski definition) is 5. The molecule has 0 unspecified atom stereocenters. The topological polar surface area (TPSA) is 72.9 Å². The van der Waals surface area contributed by atoms with Crippen molar-refractivity contribution >= 4 is 37.6 Å². The lowest BCUT2D eigenvalue weighted by atomic mass is 10.2. The minimum Gasteiger partial charge on any atom is -0.496 e. The molecule has 140 valence electrons. The standard InChI is InChI=1S/C18H20BrNO5S/c1-4-25-18(21)12-20(16-8-6-5-7-15(16)19)26(22,23)14-9-10-17(24-3)13(2)11-14/h5-11H,4,12H2,1-3H3. The second-order valence-electron chi connectivity index (χ2n) is 5.40. The second kappa shape index (κ2) is 8.55. The molecule has 8 heteroatoms. The molecule has 2 aromatic rings. The maximum atomic E-state index is 13.2. The average Bonchev–Trinajstić information content (AvgIpc) is 2.60. The number of esters is 1. The molecule has 0 fully saturated rings. The van der Waals surface area contributed by atoms with Crippen LogP contribution in [0.5, 0.6) is 5.75 Å². The number of sulfonamides is 1. The molecule has 0 aromatic heterocycles. The molecule has 0 aliphatic carbocycles. The fourth-order valence-corrected chi connectivity index (χ4v) is 4.55. The Kier molecular flexibility index (Phi) is 6.66. The van der Waals surface area contributed by atoms with E-state index in [1.807, 2.05) is 0 Å². The van der Waals surface area contributed by atoms with Gasteiger partial charge in [-0.25, -0.2) is 8.42 Å². The van der Waals surface area contributed by atoms with Gasteiger partial charge in [-0.15, -0.1) is 0 Å². The summed E-state index contributed by atoms with van der Waals surface area (Å²) in [4.78, 5) is 12.1. The first-order chi connectivity index (χ1) is 12.3. The zero-order valence-corrected chi connectivity index (χ0v) is 17.1. The van der Waals surface area contributed by atoms with Gasteiger partial charge in [0.2, 0.25) is 0 Å². The van der Waals surface area contributed by atoms with Crippen LogP contribution in [0, 0.1) is 6.92 Å². The van der Waals surface area contributed by atoms with Crippen molar-refractivity contribution in [2.75, 3.05) is 24.6 Å². The first kappa shape index (κ1) is 20.3. The number of carbonyl (C=O) groups is 1. The molecule has 0 spiro atoms. The fourth-order valence-electron chi connectivity index (χ4n) is 2.42. The van der Waals surface area contributed by atoms with Crippen molar-refractivity contribution < 1.29 is 22.7 Å². The summed E-state index contributed by atoms with van der Waals surface area (Å²) in [5.41, 5.74) is 1.03. The molecule has 6 nitrogen and oxygen atoms in total. The maximum absolute atomic E-state index is 13.2. The Morgan fingerprint density at radius 1 is 1.19 bits per heavy atom. The van der Waals surface area contributed by atoms with Gasteiger partial charge in [-0.1, -0.05) is 12.1 Å². The summed E-state index contributed by atoms with van der Waals surface area (Å²) >= 11 is 3.35. The van der Waals surface area contributed by atoms with E-state index in [1.165, 1.54) is 19.2 Å². The first-order valence-corrected chi connectivity index (χ1v) is 10.1. The minimum absolute atomic E-state index is 0.0656. The number of ether oxygens (including phenoxy) is 2. The SMILES string of the molecule is CCOC(=O)CN(c1ccccc1Br)S(=O)(=O)c1ccc(OC)c(C)c1. The van der Waals surface area contributed by atoms with Crippen molar-refractivity contribution in [1.29, 1.82) is 0 Å². The summed E-state index contributed by atoms with van der Waals surface area (Å²) in [5, 5.41) is 0. The highest BCUT2D eigenvalue weighted by molar-refractivity contribution is 9.10. The van der Waals surface area contributed by atoms with Crippen molar-refractivity contribution in [3.8, 4) is 5.75 Å². The van der Waals surface area contributed by atoms with Gasteiger partial charge in [0.05, 0.1) is 24.3 Å². The molecule has 0 saturated carbocycles. The van der Waals surface area contributed by atoms with E-state index in [-0.39, 0.29) is 11.5 Å². The number of aryl methyl sites for hydroxylation is 1. The molecule has 0 saturated heterocycles. The van der Waals surface area contributed by atoms with Gasteiger partial charge in [-0.2, -0.15) is 0 Å². The Morgan fingerprint density at radius 2 is 1.88 bits per heavy atom. The highest BCUT2D eigenvalue weighted by Crippen LogP contribution is 2.32. The van der Waals surface area contributed by atoms with Crippen LogP contribution in [0.1, 0.15) is 12.5 Å². The van der Waals surface area contributed by atoms with Gasteiger partial charge in [0, 0.05) is 4.47 Å². The Morgan fingerprint density at radius 3 is 2.46 bits per heavy atom. The van der Waals surface area contributed by atoms with Crippen LogP contribution in [0.3, 0.4) is 0 Å². The number of nitrogens with zero attached hydrogens (tertiary/aromatic N) is 1. The summed E-state index contributed by atoms with van der Waals surface area (Å²) in [6.07, 6.45) is 0. The zero-order chi connectivity index (χ0) is 19.3. The van der Waals surface area contributed by atoms with Gasteiger partial charge in [-0.05, 0) is 65.7 Å². The molecule has 26 heavy (non-hydrogen) atoms. The van der Waals surface area contributed by atoms with E-state index in [4.69, 9.17) is 9.47 Å². The van der Waals surface area contributed by atoms with Crippen LogP contribution >= 0.6 is 15.9 Å². The molecule has 0 bridgehead atoms. The number of hydrogen-bond donors (Lipinski definition) is 0.